The number of hydrogen-bond acceptors (Lipinski definition) is 5. The van der Waals surface area contributed by atoms with Gasteiger partial charge < -0.3 is 5.32 Å². The smallest absolute Gasteiger partial charge is 0.271 e. The maximum Gasteiger partial charge on any atom is 0.271 e. The van der Waals surface area contributed by atoms with Gasteiger partial charge in [0.25, 0.3) is 11.5 Å². The predicted molar refractivity (Wildman–Crippen MR) is 135 cm³/mol. The molecule has 2 heterocycles. The van der Waals surface area contributed by atoms with Crippen molar-refractivity contribution < 1.29 is 4.79 Å². The zero-order chi connectivity index (χ0) is 23.2. The molecule has 0 unspecified atom stereocenters. The maximum absolute atomic E-state index is 12.8. The van der Waals surface area contributed by atoms with Crippen molar-refractivity contribution in [1.82, 2.24) is 15.1 Å². The Balaban J connectivity index is 1.51. The number of nitrogens with one attached hydrogen (secondary N) is 1. The molecule has 4 rings (SSSR count). The first-order chi connectivity index (χ1) is 16.0. The van der Waals surface area contributed by atoms with Crippen LogP contribution in [0.15, 0.2) is 92.9 Å². The number of thiophene rings is 1. The fraction of sp³-hybridized carbons (Fsp3) is 0.160. The Hall–Kier alpha value is -2.87. The van der Waals surface area contributed by atoms with Gasteiger partial charge in [0.1, 0.15) is 5.03 Å². The fourth-order valence-corrected chi connectivity index (χ4v) is 5.03. The number of carbonyl (C=O) groups excluding carboxylic acids is 1. The van der Waals surface area contributed by atoms with Gasteiger partial charge in [-0.2, -0.15) is 9.78 Å². The third-order valence-electron chi connectivity index (χ3n) is 4.96. The van der Waals surface area contributed by atoms with Crippen LogP contribution in [0, 0.1) is 0 Å². The number of amides is 1. The van der Waals surface area contributed by atoms with E-state index in [1.807, 2.05) is 41.8 Å². The zero-order valence-electron chi connectivity index (χ0n) is 17.9. The summed E-state index contributed by atoms with van der Waals surface area (Å²) < 4.78 is 1.34. The van der Waals surface area contributed by atoms with Crippen molar-refractivity contribution in [3.63, 3.8) is 0 Å². The number of aromatic nitrogens is 2. The minimum atomic E-state index is -0.242. The Kier molecular flexibility index (Phi) is 7.65. The molecule has 0 saturated heterocycles. The Morgan fingerprint density at radius 3 is 2.52 bits per heavy atom. The second-order valence-corrected chi connectivity index (χ2v) is 9.86. The molecule has 168 valence electrons. The highest BCUT2D eigenvalue weighted by atomic mass is 35.5. The van der Waals surface area contributed by atoms with E-state index in [0.29, 0.717) is 21.3 Å². The van der Waals surface area contributed by atoms with Crippen LogP contribution in [0.4, 0.5) is 0 Å². The summed E-state index contributed by atoms with van der Waals surface area (Å²) in [7, 11) is 0. The molecule has 8 heteroatoms. The Labute approximate surface area is 205 Å². The van der Waals surface area contributed by atoms with Crippen LogP contribution in [-0.4, -0.2) is 15.7 Å². The normalized spacial score (nSPS) is 11.8. The molecule has 0 aliphatic heterocycles. The minimum absolute atomic E-state index is 0.00645. The lowest BCUT2D eigenvalue weighted by Crippen LogP contribution is -2.28. The molecular formula is C25H22ClN3O2S2. The lowest BCUT2D eigenvalue weighted by molar-refractivity contribution is 0.0935. The number of rotatable bonds is 8. The average molecular weight is 496 g/mol. The van der Waals surface area contributed by atoms with Gasteiger partial charge in [0.2, 0.25) is 0 Å². The highest BCUT2D eigenvalue weighted by molar-refractivity contribution is 7.99. The quantitative estimate of drug-likeness (QED) is 0.308. The molecule has 33 heavy (non-hydrogen) atoms. The van der Waals surface area contributed by atoms with Crippen LogP contribution in [0.5, 0.6) is 0 Å². The molecule has 0 aliphatic rings. The van der Waals surface area contributed by atoms with E-state index in [0.717, 1.165) is 22.6 Å². The van der Waals surface area contributed by atoms with Gasteiger partial charge in [-0.1, -0.05) is 42.8 Å². The van der Waals surface area contributed by atoms with E-state index in [1.54, 1.807) is 41.7 Å². The van der Waals surface area contributed by atoms with Gasteiger partial charge in [-0.05, 0) is 72.5 Å². The van der Waals surface area contributed by atoms with Crippen molar-refractivity contribution in [2.75, 3.05) is 0 Å². The van der Waals surface area contributed by atoms with Crippen LogP contribution in [0.1, 0.15) is 41.0 Å². The number of halogens is 1. The third kappa shape index (κ3) is 5.93. The summed E-state index contributed by atoms with van der Waals surface area (Å²) in [4.78, 5) is 27.4. The molecule has 0 saturated carbocycles. The first kappa shape index (κ1) is 23.3. The van der Waals surface area contributed by atoms with Crippen molar-refractivity contribution in [3.8, 4) is 5.69 Å². The standard InChI is InChI=1S/C25H22ClN3O2S2/c1-2-4-21(22-5-3-16-32-22)27-25(31)17-6-10-19(11-7-17)29-24(30)15-14-23(28-29)33-20-12-8-18(26)9-13-20/h3,5-16,21H,2,4H2,1H3,(H,27,31)/t21-/m0/s1. The minimum Gasteiger partial charge on any atom is -0.344 e. The highest BCUT2D eigenvalue weighted by Crippen LogP contribution is 2.27. The Morgan fingerprint density at radius 1 is 1.09 bits per heavy atom. The van der Waals surface area contributed by atoms with Crippen LogP contribution in [0.2, 0.25) is 5.02 Å². The van der Waals surface area contributed by atoms with Crippen molar-refractivity contribution in [3.05, 3.63) is 104 Å². The largest absolute Gasteiger partial charge is 0.344 e. The highest BCUT2D eigenvalue weighted by Gasteiger charge is 2.16. The molecule has 4 aromatic rings. The van der Waals surface area contributed by atoms with Gasteiger partial charge in [-0.25, -0.2) is 0 Å². The Bertz CT molecular complexity index is 1270. The first-order valence-corrected chi connectivity index (χ1v) is 12.6. The summed E-state index contributed by atoms with van der Waals surface area (Å²) in [6.45, 7) is 2.10. The SMILES string of the molecule is CCC[C@H](NC(=O)c1ccc(-n2nc(Sc3ccc(Cl)cc3)ccc2=O)cc1)c1cccs1. The fourth-order valence-electron chi connectivity index (χ4n) is 3.32. The summed E-state index contributed by atoms with van der Waals surface area (Å²) in [5.74, 6) is -0.138. The second kappa shape index (κ2) is 10.8. The molecule has 0 radical (unpaired) electrons. The van der Waals surface area contributed by atoms with Gasteiger partial charge in [0, 0.05) is 26.4 Å². The maximum atomic E-state index is 12.8. The number of nitrogens with zero attached hydrogens (tertiary/aromatic N) is 2. The van der Waals surface area contributed by atoms with Crippen LogP contribution in [0.25, 0.3) is 5.69 Å². The van der Waals surface area contributed by atoms with Gasteiger partial charge in [0.05, 0.1) is 11.7 Å². The summed E-state index contributed by atoms with van der Waals surface area (Å²) in [5, 5.41) is 11.0. The van der Waals surface area contributed by atoms with E-state index in [4.69, 9.17) is 11.6 Å². The second-order valence-electron chi connectivity index (χ2n) is 7.35. The molecular weight excluding hydrogens is 474 g/mol. The summed E-state index contributed by atoms with van der Waals surface area (Å²) in [6, 6.07) is 21.5. The van der Waals surface area contributed by atoms with Crippen molar-refractivity contribution in [2.24, 2.45) is 0 Å². The van der Waals surface area contributed by atoms with Crippen molar-refractivity contribution in [2.45, 2.75) is 35.7 Å². The molecule has 1 atom stereocenters. The van der Waals surface area contributed by atoms with E-state index in [2.05, 4.69) is 17.3 Å². The van der Waals surface area contributed by atoms with Crippen molar-refractivity contribution >= 4 is 40.6 Å². The van der Waals surface area contributed by atoms with Crippen LogP contribution < -0.4 is 10.9 Å². The molecule has 1 N–H and O–H groups in total. The summed E-state index contributed by atoms with van der Waals surface area (Å²) in [6.07, 6.45) is 1.85. The third-order valence-corrected chi connectivity index (χ3v) is 7.13. The molecule has 0 aliphatic carbocycles. The Morgan fingerprint density at radius 2 is 1.85 bits per heavy atom. The van der Waals surface area contributed by atoms with Crippen LogP contribution >= 0.6 is 34.7 Å². The molecule has 2 aromatic heterocycles. The molecule has 2 aromatic carbocycles. The molecule has 0 spiro atoms. The lowest BCUT2D eigenvalue weighted by atomic mass is 10.1. The predicted octanol–water partition coefficient (Wildman–Crippen LogP) is 6.37. The van der Waals surface area contributed by atoms with Crippen molar-refractivity contribution in [1.29, 1.82) is 0 Å². The van der Waals surface area contributed by atoms with E-state index in [-0.39, 0.29) is 17.5 Å². The number of carbonyl (C=O) groups is 1. The summed E-state index contributed by atoms with van der Waals surface area (Å²) in [5.41, 5.74) is 0.892. The summed E-state index contributed by atoms with van der Waals surface area (Å²) >= 11 is 9.03. The van der Waals surface area contributed by atoms with Crippen LogP contribution in [-0.2, 0) is 0 Å². The van der Waals surface area contributed by atoms with Gasteiger partial charge in [0.15, 0.2) is 0 Å². The number of hydrogen-bond donors (Lipinski definition) is 1. The van der Waals surface area contributed by atoms with E-state index in [1.165, 1.54) is 22.5 Å². The number of benzene rings is 2. The van der Waals surface area contributed by atoms with E-state index in [9.17, 15) is 9.59 Å². The molecule has 0 bridgehead atoms. The van der Waals surface area contributed by atoms with E-state index < -0.39 is 0 Å². The van der Waals surface area contributed by atoms with Gasteiger partial charge in [-0.3, -0.25) is 9.59 Å². The average Bonchev–Trinajstić information content (AvgIpc) is 3.37. The molecule has 5 nitrogen and oxygen atoms in total. The van der Waals surface area contributed by atoms with Crippen LogP contribution in [0.3, 0.4) is 0 Å². The van der Waals surface area contributed by atoms with Gasteiger partial charge in [-0.15, -0.1) is 11.3 Å². The molecule has 1 amide bonds. The first-order valence-electron chi connectivity index (χ1n) is 10.5. The van der Waals surface area contributed by atoms with Gasteiger partial charge >= 0.3 is 0 Å². The lowest BCUT2D eigenvalue weighted by Gasteiger charge is -2.17. The molecule has 0 fully saturated rings. The topological polar surface area (TPSA) is 64.0 Å². The van der Waals surface area contributed by atoms with E-state index >= 15 is 0 Å². The zero-order valence-corrected chi connectivity index (χ0v) is 20.3. The monoisotopic (exact) mass is 495 g/mol.